The molecule has 112 valence electrons. The third-order valence-corrected chi connectivity index (χ3v) is 3.11. The van der Waals surface area contributed by atoms with Crippen molar-refractivity contribution in [1.29, 1.82) is 0 Å². The van der Waals surface area contributed by atoms with Crippen LogP contribution in [0.3, 0.4) is 0 Å². The molecule has 1 aromatic heterocycles. The Morgan fingerprint density at radius 3 is 2.30 bits per heavy atom. The van der Waals surface area contributed by atoms with Gasteiger partial charge in [-0.15, -0.1) is 0 Å². The Kier molecular flexibility index (Phi) is 4.59. The van der Waals surface area contributed by atoms with Crippen molar-refractivity contribution >= 4 is 0 Å². The van der Waals surface area contributed by atoms with Gasteiger partial charge in [0.25, 0.3) is 0 Å². The number of nitrogens with one attached hydrogen (secondary N) is 1. The predicted octanol–water partition coefficient (Wildman–Crippen LogP) is 2.42. The first-order valence-electron chi connectivity index (χ1n) is 6.56. The molecule has 0 spiro atoms. The maximum absolute atomic E-state index is 12.0. The fourth-order valence-electron chi connectivity index (χ4n) is 1.92. The molecule has 1 fully saturated rings. The van der Waals surface area contributed by atoms with Gasteiger partial charge in [0.1, 0.15) is 13.2 Å². The van der Waals surface area contributed by atoms with Crippen molar-refractivity contribution in [3.8, 4) is 0 Å². The third-order valence-electron chi connectivity index (χ3n) is 3.11. The summed E-state index contributed by atoms with van der Waals surface area (Å²) in [5.41, 5.74) is 2.59. The molecule has 7 heteroatoms. The highest BCUT2D eigenvalue weighted by molar-refractivity contribution is 5.24. The van der Waals surface area contributed by atoms with E-state index in [1.54, 1.807) is 0 Å². The standard InChI is InChI=1S/C13H18F3N3O/c1-8-11(5-17-10-3-4-10)9(2)19-12(18-8)6-20-7-13(14,15)16/h10,17H,3-7H2,1-2H3. The highest BCUT2D eigenvalue weighted by Crippen LogP contribution is 2.20. The topological polar surface area (TPSA) is 47.0 Å². The summed E-state index contributed by atoms with van der Waals surface area (Å²) >= 11 is 0. The fraction of sp³-hybridized carbons (Fsp3) is 0.692. The zero-order valence-electron chi connectivity index (χ0n) is 11.5. The zero-order chi connectivity index (χ0) is 14.8. The second-order valence-corrected chi connectivity index (χ2v) is 5.05. The maximum Gasteiger partial charge on any atom is 0.411 e. The second kappa shape index (κ2) is 6.05. The molecule has 0 saturated heterocycles. The van der Waals surface area contributed by atoms with Crippen molar-refractivity contribution in [1.82, 2.24) is 15.3 Å². The second-order valence-electron chi connectivity index (χ2n) is 5.05. The summed E-state index contributed by atoms with van der Waals surface area (Å²) in [5.74, 6) is 0.291. The molecule has 1 aliphatic rings. The van der Waals surface area contributed by atoms with Crippen LogP contribution in [0.2, 0.25) is 0 Å². The Balaban J connectivity index is 1.93. The minimum absolute atomic E-state index is 0.225. The van der Waals surface area contributed by atoms with E-state index in [2.05, 4.69) is 20.0 Å². The molecule has 0 aliphatic heterocycles. The van der Waals surface area contributed by atoms with E-state index < -0.39 is 12.8 Å². The molecule has 20 heavy (non-hydrogen) atoms. The van der Waals surface area contributed by atoms with Crippen LogP contribution in [0.4, 0.5) is 13.2 Å². The highest BCUT2D eigenvalue weighted by atomic mass is 19.4. The molecule has 1 N–H and O–H groups in total. The van der Waals surface area contributed by atoms with Gasteiger partial charge >= 0.3 is 6.18 Å². The van der Waals surface area contributed by atoms with Gasteiger partial charge in [0.15, 0.2) is 5.82 Å². The van der Waals surface area contributed by atoms with Crippen LogP contribution >= 0.6 is 0 Å². The fourth-order valence-corrected chi connectivity index (χ4v) is 1.92. The van der Waals surface area contributed by atoms with Gasteiger partial charge in [-0.3, -0.25) is 0 Å². The Bertz CT molecular complexity index is 449. The Morgan fingerprint density at radius 1 is 1.20 bits per heavy atom. The maximum atomic E-state index is 12.0. The summed E-state index contributed by atoms with van der Waals surface area (Å²) in [7, 11) is 0. The summed E-state index contributed by atoms with van der Waals surface area (Å²) in [6.45, 7) is 2.88. The average Bonchev–Trinajstić information content (AvgIpc) is 3.10. The van der Waals surface area contributed by atoms with Crippen molar-refractivity contribution in [3.63, 3.8) is 0 Å². The third kappa shape index (κ3) is 4.72. The predicted molar refractivity (Wildman–Crippen MR) is 67.1 cm³/mol. The van der Waals surface area contributed by atoms with Gasteiger partial charge in [-0.05, 0) is 26.7 Å². The quantitative estimate of drug-likeness (QED) is 0.873. The van der Waals surface area contributed by atoms with E-state index in [4.69, 9.17) is 0 Å². The van der Waals surface area contributed by atoms with Gasteiger partial charge in [-0.25, -0.2) is 9.97 Å². The molecule has 0 radical (unpaired) electrons. The number of ether oxygens (including phenoxy) is 1. The molecule has 1 aromatic rings. The summed E-state index contributed by atoms with van der Waals surface area (Å²) in [5, 5.41) is 3.38. The summed E-state index contributed by atoms with van der Waals surface area (Å²) < 4.78 is 40.5. The van der Waals surface area contributed by atoms with Crippen LogP contribution in [-0.2, 0) is 17.9 Å². The lowest BCUT2D eigenvalue weighted by Gasteiger charge is -2.12. The Labute approximate surface area is 115 Å². The van der Waals surface area contributed by atoms with Crippen LogP contribution in [0, 0.1) is 13.8 Å². The molecule has 1 heterocycles. The van der Waals surface area contributed by atoms with Gasteiger partial charge in [-0.2, -0.15) is 13.2 Å². The summed E-state index contributed by atoms with van der Waals surface area (Å²) in [6, 6.07) is 0.587. The lowest BCUT2D eigenvalue weighted by Crippen LogP contribution is -2.20. The van der Waals surface area contributed by atoms with Gasteiger partial charge in [0, 0.05) is 29.5 Å². The molecule has 0 amide bonds. The lowest BCUT2D eigenvalue weighted by atomic mass is 10.1. The van der Waals surface area contributed by atoms with Gasteiger partial charge in [-0.1, -0.05) is 0 Å². The van der Waals surface area contributed by atoms with Crippen molar-refractivity contribution in [3.05, 3.63) is 22.8 Å². The molecule has 0 aromatic carbocycles. The van der Waals surface area contributed by atoms with Crippen molar-refractivity contribution in [2.75, 3.05) is 6.61 Å². The summed E-state index contributed by atoms with van der Waals surface area (Å²) in [6.07, 6.45) is -1.93. The number of halogens is 3. The van der Waals surface area contributed by atoms with Crippen LogP contribution in [0.15, 0.2) is 0 Å². The number of nitrogens with zero attached hydrogens (tertiary/aromatic N) is 2. The average molecular weight is 289 g/mol. The monoisotopic (exact) mass is 289 g/mol. The molecule has 0 atom stereocenters. The number of aromatic nitrogens is 2. The van der Waals surface area contributed by atoms with E-state index in [9.17, 15) is 13.2 Å². The molecule has 0 unspecified atom stereocenters. The molecule has 2 rings (SSSR count). The number of alkyl halides is 3. The molecule has 0 bridgehead atoms. The normalized spacial score (nSPS) is 15.7. The van der Waals surface area contributed by atoms with Crippen LogP contribution in [-0.4, -0.2) is 28.8 Å². The largest absolute Gasteiger partial charge is 0.411 e. The molecule has 4 nitrogen and oxygen atoms in total. The Hall–Kier alpha value is -1.21. The van der Waals surface area contributed by atoms with Crippen LogP contribution in [0.5, 0.6) is 0 Å². The minimum atomic E-state index is -4.32. The van der Waals surface area contributed by atoms with Gasteiger partial charge in [0.05, 0.1) is 0 Å². The van der Waals surface area contributed by atoms with Gasteiger partial charge < -0.3 is 10.1 Å². The van der Waals surface area contributed by atoms with Crippen molar-refractivity contribution in [2.24, 2.45) is 0 Å². The van der Waals surface area contributed by atoms with E-state index in [0.717, 1.165) is 17.0 Å². The first-order valence-corrected chi connectivity index (χ1v) is 6.56. The van der Waals surface area contributed by atoms with E-state index in [0.29, 0.717) is 18.4 Å². The van der Waals surface area contributed by atoms with Crippen molar-refractivity contribution < 1.29 is 17.9 Å². The number of rotatable bonds is 6. The first kappa shape index (κ1) is 15.2. The van der Waals surface area contributed by atoms with E-state index in [-0.39, 0.29) is 6.61 Å². The van der Waals surface area contributed by atoms with E-state index in [1.807, 2.05) is 13.8 Å². The van der Waals surface area contributed by atoms with Crippen LogP contribution in [0.1, 0.15) is 35.6 Å². The molecular formula is C13H18F3N3O. The van der Waals surface area contributed by atoms with Gasteiger partial charge in [0.2, 0.25) is 0 Å². The molecule has 1 saturated carbocycles. The lowest BCUT2D eigenvalue weighted by molar-refractivity contribution is -0.177. The number of aryl methyl sites for hydroxylation is 2. The van der Waals surface area contributed by atoms with Crippen LogP contribution in [0.25, 0.3) is 0 Å². The van der Waals surface area contributed by atoms with Crippen molar-refractivity contribution in [2.45, 2.75) is 52.1 Å². The molecular weight excluding hydrogens is 271 g/mol. The summed E-state index contributed by atoms with van der Waals surface area (Å²) in [4.78, 5) is 8.42. The highest BCUT2D eigenvalue weighted by Gasteiger charge is 2.27. The number of hydrogen-bond acceptors (Lipinski definition) is 4. The van der Waals surface area contributed by atoms with E-state index >= 15 is 0 Å². The van der Waals surface area contributed by atoms with Crippen LogP contribution < -0.4 is 5.32 Å². The SMILES string of the molecule is Cc1nc(COCC(F)(F)F)nc(C)c1CNC1CC1. The zero-order valence-corrected chi connectivity index (χ0v) is 11.5. The molecule has 1 aliphatic carbocycles. The minimum Gasteiger partial charge on any atom is -0.364 e. The number of hydrogen-bond donors (Lipinski definition) is 1. The van der Waals surface area contributed by atoms with E-state index in [1.165, 1.54) is 12.8 Å². The first-order chi connectivity index (χ1) is 9.35. The smallest absolute Gasteiger partial charge is 0.364 e. The Morgan fingerprint density at radius 2 is 1.80 bits per heavy atom.